The lowest BCUT2D eigenvalue weighted by molar-refractivity contribution is -0.734. The minimum absolute atomic E-state index is 0.139. The van der Waals surface area contributed by atoms with Crippen LogP contribution in [0, 0.1) is 17.8 Å². The molecule has 3 aliphatic heterocycles. The van der Waals surface area contributed by atoms with E-state index >= 15 is 0 Å². The highest BCUT2D eigenvalue weighted by Crippen LogP contribution is 2.51. The number of nitrogens with one attached hydrogen (secondary N) is 1. The average Bonchev–Trinajstić information content (AvgIpc) is 3.23. The van der Waals surface area contributed by atoms with Crippen molar-refractivity contribution in [2.24, 2.45) is 17.8 Å². The Balaban J connectivity index is 1.79. The summed E-state index contributed by atoms with van der Waals surface area (Å²) in [6.07, 6.45) is 1.32. The van der Waals surface area contributed by atoms with E-state index in [0.29, 0.717) is 41.8 Å². The molecule has 1 aromatic rings. The van der Waals surface area contributed by atoms with Gasteiger partial charge < -0.3 is 15.4 Å². The number of carbonyl (C=O) groups is 3. The number of rotatable bonds is 6. The fraction of sp³-hybridized carbons (Fsp3) is 0.571. The van der Waals surface area contributed by atoms with Crippen molar-refractivity contribution in [3.05, 3.63) is 28.8 Å². The molecule has 1 spiro atoms. The lowest BCUT2D eigenvalue weighted by Crippen LogP contribution is -2.99. The molecule has 3 heterocycles. The summed E-state index contributed by atoms with van der Waals surface area (Å²) in [6.45, 7) is 4.96. The standard InChI is InChI=1S/C21H26ClN3O4/c1-11(2)10-14-15-16(19(27)25(18(15)26)8-5-9-29-3)21(24-14)12-6-4-7-13(22)17(12)23-20(21)28/h4,6-7,11,14-16,24H,5,8-10H2,1-3H3,(H,23,28)/p+1/t14-,15+,16-,21-/m0/s1. The third-order valence-corrected chi connectivity index (χ3v) is 6.73. The number of benzene rings is 1. The number of hydrogen-bond donors (Lipinski definition) is 2. The van der Waals surface area contributed by atoms with Crippen LogP contribution in [0.4, 0.5) is 5.69 Å². The van der Waals surface area contributed by atoms with E-state index in [1.54, 1.807) is 19.2 Å². The van der Waals surface area contributed by atoms with Crippen LogP contribution in [0.5, 0.6) is 0 Å². The van der Waals surface area contributed by atoms with Crippen LogP contribution in [-0.4, -0.2) is 48.9 Å². The van der Waals surface area contributed by atoms with Crippen molar-refractivity contribution in [2.75, 3.05) is 25.6 Å². The molecule has 3 N–H and O–H groups in total. The summed E-state index contributed by atoms with van der Waals surface area (Å²) in [5.74, 6) is -1.59. The van der Waals surface area contributed by atoms with E-state index < -0.39 is 17.4 Å². The Kier molecular flexibility index (Phi) is 5.17. The fourth-order valence-corrected chi connectivity index (χ4v) is 5.58. The van der Waals surface area contributed by atoms with E-state index in [1.165, 1.54) is 4.90 Å². The Morgan fingerprint density at radius 1 is 1.28 bits per heavy atom. The minimum Gasteiger partial charge on any atom is -0.385 e. The van der Waals surface area contributed by atoms with Crippen LogP contribution >= 0.6 is 11.6 Å². The van der Waals surface area contributed by atoms with Gasteiger partial charge in [0.1, 0.15) is 17.9 Å². The van der Waals surface area contributed by atoms with Crippen molar-refractivity contribution in [1.82, 2.24) is 4.90 Å². The monoisotopic (exact) mass is 420 g/mol. The number of quaternary nitrogens is 1. The minimum atomic E-state index is -1.15. The lowest BCUT2D eigenvalue weighted by Gasteiger charge is -2.26. The van der Waals surface area contributed by atoms with Gasteiger partial charge >= 0.3 is 0 Å². The second kappa shape index (κ2) is 7.38. The molecule has 0 aliphatic carbocycles. The third kappa shape index (κ3) is 2.90. The first-order chi connectivity index (χ1) is 13.8. The zero-order valence-corrected chi connectivity index (χ0v) is 17.7. The molecule has 8 heteroatoms. The highest BCUT2D eigenvalue weighted by Gasteiger charge is 2.74. The van der Waals surface area contributed by atoms with Gasteiger partial charge in [0, 0.05) is 32.2 Å². The van der Waals surface area contributed by atoms with E-state index in [4.69, 9.17) is 16.3 Å². The first-order valence-corrected chi connectivity index (χ1v) is 10.5. The Labute approximate surface area is 175 Å². The molecule has 0 unspecified atom stereocenters. The number of para-hydroxylation sites is 1. The number of carbonyl (C=O) groups excluding carboxylic acids is 3. The predicted octanol–water partition coefficient (Wildman–Crippen LogP) is 1.12. The molecule has 156 valence electrons. The molecule has 2 fully saturated rings. The number of halogens is 1. The molecule has 3 amide bonds. The Morgan fingerprint density at radius 2 is 2.03 bits per heavy atom. The molecule has 0 radical (unpaired) electrons. The maximum absolute atomic E-state index is 13.5. The van der Waals surface area contributed by atoms with Crippen LogP contribution in [0.3, 0.4) is 0 Å². The zero-order valence-electron chi connectivity index (χ0n) is 16.9. The Morgan fingerprint density at radius 3 is 2.72 bits per heavy atom. The number of nitrogens with zero attached hydrogens (tertiary/aromatic N) is 1. The Bertz CT molecular complexity index is 873. The third-order valence-electron chi connectivity index (χ3n) is 6.42. The van der Waals surface area contributed by atoms with Crippen LogP contribution in [0.1, 0.15) is 32.3 Å². The van der Waals surface area contributed by atoms with Gasteiger partial charge in [-0.15, -0.1) is 0 Å². The van der Waals surface area contributed by atoms with Crippen LogP contribution in [0.15, 0.2) is 18.2 Å². The number of anilines is 1. The molecular formula is C21H27ClN3O4+. The maximum Gasteiger partial charge on any atom is 0.291 e. The molecule has 3 aliphatic rings. The number of ether oxygens (including phenoxy) is 1. The lowest BCUT2D eigenvalue weighted by atomic mass is 9.76. The van der Waals surface area contributed by atoms with E-state index in [-0.39, 0.29) is 23.8 Å². The van der Waals surface area contributed by atoms with E-state index in [9.17, 15) is 14.4 Å². The van der Waals surface area contributed by atoms with Gasteiger partial charge in [0.05, 0.1) is 10.7 Å². The quantitative estimate of drug-likeness (QED) is 0.532. The summed E-state index contributed by atoms with van der Waals surface area (Å²) >= 11 is 6.33. The molecule has 4 rings (SSSR count). The number of nitrogens with two attached hydrogens (primary N) is 1. The van der Waals surface area contributed by atoms with Crippen molar-refractivity contribution in [2.45, 2.75) is 38.3 Å². The molecule has 0 aromatic heterocycles. The van der Waals surface area contributed by atoms with Crippen molar-refractivity contribution < 1.29 is 24.4 Å². The molecular weight excluding hydrogens is 394 g/mol. The number of imide groups is 1. The van der Waals surface area contributed by atoms with Gasteiger partial charge in [-0.1, -0.05) is 31.5 Å². The van der Waals surface area contributed by atoms with Crippen molar-refractivity contribution in [1.29, 1.82) is 0 Å². The van der Waals surface area contributed by atoms with Gasteiger partial charge in [0.15, 0.2) is 0 Å². The maximum atomic E-state index is 13.5. The molecule has 0 saturated carbocycles. The largest absolute Gasteiger partial charge is 0.385 e. The average molecular weight is 421 g/mol. The SMILES string of the molecule is COCCCN1C(=O)[C@@H]2[C@H](CC(C)C)[NH2+][C@]3(C(=O)Nc4c(Cl)cccc43)[C@@H]2C1=O. The summed E-state index contributed by atoms with van der Waals surface area (Å²) in [6, 6.07) is 5.21. The molecule has 4 atom stereocenters. The summed E-state index contributed by atoms with van der Waals surface area (Å²) in [7, 11) is 1.59. The topological polar surface area (TPSA) is 92.3 Å². The van der Waals surface area contributed by atoms with E-state index in [2.05, 4.69) is 19.2 Å². The summed E-state index contributed by atoms with van der Waals surface area (Å²) in [4.78, 5) is 41.4. The van der Waals surface area contributed by atoms with Gasteiger partial charge in [-0.05, 0) is 24.5 Å². The molecule has 1 aromatic carbocycles. The second-order valence-corrected chi connectivity index (χ2v) is 9.03. The summed E-state index contributed by atoms with van der Waals surface area (Å²) in [5.41, 5.74) is 0.112. The number of hydrogen-bond acceptors (Lipinski definition) is 4. The highest BCUT2D eigenvalue weighted by atomic mass is 35.5. The summed E-state index contributed by atoms with van der Waals surface area (Å²) in [5, 5.41) is 5.29. The van der Waals surface area contributed by atoms with Crippen LogP contribution in [0.25, 0.3) is 0 Å². The highest BCUT2D eigenvalue weighted by molar-refractivity contribution is 6.35. The molecule has 0 bridgehead atoms. The van der Waals surface area contributed by atoms with Crippen molar-refractivity contribution >= 4 is 35.0 Å². The van der Waals surface area contributed by atoms with Gasteiger partial charge in [0.2, 0.25) is 17.4 Å². The van der Waals surface area contributed by atoms with Crippen molar-refractivity contribution in [3.63, 3.8) is 0 Å². The van der Waals surface area contributed by atoms with Gasteiger partial charge in [0.25, 0.3) is 5.91 Å². The van der Waals surface area contributed by atoms with E-state index in [1.807, 2.05) is 11.4 Å². The van der Waals surface area contributed by atoms with Gasteiger partial charge in [-0.2, -0.15) is 0 Å². The number of amides is 3. The first kappa shape index (κ1) is 20.3. The zero-order chi connectivity index (χ0) is 20.9. The molecule has 2 saturated heterocycles. The fourth-order valence-electron chi connectivity index (χ4n) is 5.36. The van der Waals surface area contributed by atoms with Crippen LogP contribution in [0.2, 0.25) is 5.02 Å². The number of likely N-dealkylation sites (tertiary alicyclic amines) is 1. The predicted molar refractivity (Wildman–Crippen MR) is 107 cm³/mol. The second-order valence-electron chi connectivity index (χ2n) is 8.62. The smallest absolute Gasteiger partial charge is 0.291 e. The first-order valence-electron chi connectivity index (χ1n) is 10.1. The normalized spacial score (nSPS) is 30.4. The number of methoxy groups -OCH3 is 1. The van der Waals surface area contributed by atoms with Crippen molar-refractivity contribution in [3.8, 4) is 0 Å². The summed E-state index contributed by atoms with van der Waals surface area (Å²) < 4.78 is 5.08. The number of fused-ring (bicyclic) bond motifs is 4. The molecule has 7 nitrogen and oxygen atoms in total. The van der Waals surface area contributed by atoms with Crippen LogP contribution in [-0.2, 0) is 24.7 Å². The Hall–Kier alpha value is -1.96. The van der Waals surface area contributed by atoms with E-state index in [0.717, 1.165) is 6.42 Å². The molecule has 29 heavy (non-hydrogen) atoms. The van der Waals surface area contributed by atoms with Gasteiger partial charge in [-0.3, -0.25) is 19.3 Å². The van der Waals surface area contributed by atoms with Gasteiger partial charge in [-0.25, -0.2) is 0 Å². The van der Waals surface area contributed by atoms with Crippen LogP contribution < -0.4 is 10.6 Å².